The van der Waals surface area contributed by atoms with Crippen LogP contribution in [0.1, 0.15) is 31.7 Å². The molecule has 10 heteroatoms. The molecule has 1 fully saturated rings. The Morgan fingerprint density at radius 1 is 1.12 bits per heavy atom. The van der Waals surface area contributed by atoms with Crippen LogP contribution in [0, 0.1) is 0 Å². The Kier molecular flexibility index (Phi) is 7.31. The second-order valence-corrected chi connectivity index (χ2v) is 10.2. The van der Waals surface area contributed by atoms with E-state index in [0.29, 0.717) is 60.7 Å². The summed E-state index contributed by atoms with van der Waals surface area (Å²) >= 11 is 6.32. The highest BCUT2D eigenvalue weighted by Gasteiger charge is 2.30. The third-order valence-electron chi connectivity index (χ3n) is 5.44. The lowest BCUT2D eigenvalue weighted by atomic mass is 10.1. The van der Waals surface area contributed by atoms with Crippen LogP contribution in [-0.4, -0.2) is 51.5 Å². The fourth-order valence-corrected chi connectivity index (χ4v) is 5.87. The second kappa shape index (κ2) is 10.2. The van der Waals surface area contributed by atoms with E-state index in [2.05, 4.69) is 5.32 Å². The first-order chi connectivity index (χ1) is 15.9. The molecule has 1 saturated heterocycles. The van der Waals surface area contributed by atoms with E-state index in [1.54, 1.807) is 31.2 Å². The average molecular weight is 495 g/mol. The number of anilines is 1. The number of nitrogens with one attached hydrogen (secondary N) is 1. The number of hydrogen-bond acceptors (Lipinski definition) is 6. The monoisotopic (exact) mass is 494 g/mol. The Morgan fingerprint density at radius 2 is 1.88 bits per heavy atom. The maximum atomic E-state index is 13.2. The lowest BCUT2D eigenvalue weighted by molar-refractivity contribution is -0.115. The van der Waals surface area contributed by atoms with Gasteiger partial charge < -0.3 is 19.5 Å². The van der Waals surface area contributed by atoms with Crippen molar-refractivity contribution in [3.05, 3.63) is 40.9 Å². The first kappa shape index (κ1) is 23.7. The number of fused-ring (bicyclic) bond motifs is 1. The van der Waals surface area contributed by atoms with Crippen molar-refractivity contribution in [2.24, 2.45) is 0 Å². The zero-order valence-electron chi connectivity index (χ0n) is 18.4. The molecular weight excluding hydrogens is 468 g/mol. The van der Waals surface area contributed by atoms with Crippen LogP contribution in [-0.2, 0) is 21.2 Å². The van der Waals surface area contributed by atoms with Crippen LogP contribution < -0.4 is 19.5 Å². The molecular formula is C23H27ClN2O6S. The van der Waals surface area contributed by atoms with E-state index < -0.39 is 10.0 Å². The third-order valence-corrected chi connectivity index (χ3v) is 7.64. The minimum absolute atomic E-state index is 0.0395. The van der Waals surface area contributed by atoms with Gasteiger partial charge in [-0.3, -0.25) is 4.79 Å². The fraction of sp³-hybridized carbons (Fsp3) is 0.435. The third kappa shape index (κ3) is 5.37. The van der Waals surface area contributed by atoms with Gasteiger partial charge in [-0.15, -0.1) is 0 Å². The number of nitrogens with zero attached hydrogens (tertiary/aromatic N) is 1. The van der Waals surface area contributed by atoms with Gasteiger partial charge in [0.25, 0.3) is 0 Å². The van der Waals surface area contributed by atoms with Crippen LogP contribution in [0.5, 0.6) is 17.2 Å². The summed E-state index contributed by atoms with van der Waals surface area (Å²) in [5.41, 5.74) is 1.04. The number of amides is 1. The summed E-state index contributed by atoms with van der Waals surface area (Å²) in [6.07, 6.45) is 2.45. The molecule has 2 aliphatic heterocycles. The Bertz CT molecular complexity index is 1130. The molecule has 4 rings (SSSR count). The zero-order valence-corrected chi connectivity index (χ0v) is 20.0. The Balaban J connectivity index is 1.54. The van der Waals surface area contributed by atoms with Crippen LogP contribution in [0.25, 0.3) is 0 Å². The highest BCUT2D eigenvalue weighted by atomic mass is 35.5. The summed E-state index contributed by atoms with van der Waals surface area (Å²) in [5, 5.41) is 3.17. The molecule has 8 nitrogen and oxygen atoms in total. The number of carbonyl (C=O) groups excluding carboxylic acids is 1. The van der Waals surface area contributed by atoms with Crippen molar-refractivity contribution < 1.29 is 27.4 Å². The van der Waals surface area contributed by atoms with Crippen LogP contribution in [0.4, 0.5) is 5.69 Å². The minimum atomic E-state index is -3.72. The molecule has 2 aliphatic rings. The first-order valence-electron chi connectivity index (χ1n) is 11.0. The molecule has 1 N–H and O–H groups in total. The normalized spacial score (nSPS) is 16.3. The molecule has 2 heterocycles. The number of ether oxygens (including phenoxy) is 3. The molecule has 0 aromatic heterocycles. The van der Waals surface area contributed by atoms with Crippen LogP contribution >= 0.6 is 11.6 Å². The molecule has 2 aromatic carbocycles. The van der Waals surface area contributed by atoms with Crippen LogP contribution in [0.3, 0.4) is 0 Å². The molecule has 0 saturated carbocycles. The van der Waals surface area contributed by atoms with Crippen molar-refractivity contribution in [2.45, 2.75) is 37.5 Å². The van der Waals surface area contributed by atoms with Gasteiger partial charge in [-0.1, -0.05) is 11.6 Å². The standard InChI is InChI=1S/C23H27ClN2O6S/c1-2-30-19-7-6-17(15-21(19)33(28,29)26-8-3-4-9-26)25-22(27)14-16-12-18(24)23-20(13-16)31-10-5-11-32-23/h6-7,12-13,15H,2-5,8-11,14H2,1H3,(H,25,27). The van der Waals surface area contributed by atoms with Crippen LogP contribution in [0.15, 0.2) is 35.2 Å². The van der Waals surface area contributed by atoms with Gasteiger partial charge in [-0.2, -0.15) is 4.31 Å². The summed E-state index contributed by atoms with van der Waals surface area (Å²) in [4.78, 5) is 12.8. The van der Waals surface area contributed by atoms with E-state index in [1.807, 2.05) is 0 Å². The van der Waals surface area contributed by atoms with Gasteiger partial charge in [-0.25, -0.2) is 8.42 Å². The summed E-state index contributed by atoms with van der Waals surface area (Å²) < 4.78 is 44.6. The molecule has 33 heavy (non-hydrogen) atoms. The lowest BCUT2D eigenvalue weighted by Gasteiger charge is -2.19. The molecule has 0 radical (unpaired) electrons. The van der Waals surface area contributed by atoms with E-state index in [4.69, 9.17) is 25.8 Å². The summed E-state index contributed by atoms with van der Waals surface area (Å²) in [6.45, 7) is 4.12. The van der Waals surface area contributed by atoms with Crippen molar-refractivity contribution in [3.8, 4) is 17.2 Å². The van der Waals surface area contributed by atoms with Gasteiger partial charge in [0.15, 0.2) is 11.5 Å². The van der Waals surface area contributed by atoms with Gasteiger partial charge in [0.1, 0.15) is 10.6 Å². The topological polar surface area (TPSA) is 94.2 Å². The van der Waals surface area contributed by atoms with Gasteiger partial charge >= 0.3 is 0 Å². The van der Waals surface area contributed by atoms with E-state index in [0.717, 1.165) is 19.3 Å². The number of rotatable bonds is 7. The number of carbonyl (C=O) groups is 1. The summed E-state index contributed by atoms with van der Waals surface area (Å²) in [7, 11) is -3.72. The summed E-state index contributed by atoms with van der Waals surface area (Å²) in [6, 6.07) is 8.08. The Morgan fingerprint density at radius 3 is 2.64 bits per heavy atom. The highest BCUT2D eigenvalue weighted by Crippen LogP contribution is 2.38. The number of sulfonamides is 1. The molecule has 178 valence electrons. The SMILES string of the molecule is CCOc1ccc(NC(=O)Cc2cc(Cl)c3c(c2)OCCCO3)cc1S(=O)(=O)N1CCCC1. The number of hydrogen-bond donors (Lipinski definition) is 1. The molecule has 0 atom stereocenters. The number of halogens is 1. The Labute approximate surface area is 198 Å². The maximum Gasteiger partial charge on any atom is 0.246 e. The molecule has 0 spiro atoms. The lowest BCUT2D eigenvalue weighted by Crippen LogP contribution is -2.28. The van der Waals surface area contributed by atoms with Gasteiger partial charge in [-0.05, 0) is 55.7 Å². The van der Waals surface area contributed by atoms with Gasteiger partial charge in [0.05, 0.1) is 31.3 Å². The Hall–Kier alpha value is -2.49. The smallest absolute Gasteiger partial charge is 0.246 e. The number of benzene rings is 2. The van der Waals surface area contributed by atoms with E-state index in [-0.39, 0.29) is 23.0 Å². The predicted molar refractivity (Wildman–Crippen MR) is 125 cm³/mol. The minimum Gasteiger partial charge on any atom is -0.492 e. The van der Waals surface area contributed by atoms with Crippen molar-refractivity contribution in [2.75, 3.05) is 38.2 Å². The molecule has 0 aliphatic carbocycles. The molecule has 0 unspecified atom stereocenters. The molecule has 1 amide bonds. The zero-order chi connectivity index (χ0) is 23.4. The van der Waals surface area contributed by atoms with Gasteiger partial charge in [0, 0.05) is 25.2 Å². The van der Waals surface area contributed by atoms with E-state index in [9.17, 15) is 13.2 Å². The van der Waals surface area contributed by atoms with E-state index in [1.165, 1.54) is 10.4 Å². The predicted octanol–water partition coefficient (Wildman–Crippen LogP) is 3.87. The first-order valence-corrected chi connectivity index (χ1v) is 12.8. The largest absolute Gasteiger partial charge is 0.492 e. The maximum absolute atomic E-state index is 13.2. The second-order valence-electron chi connectivity index (χ2n) is 7.89. The quantitative estimate of drug-likeness (QED) is 0.628. The van der Waals surface area contributed by atoms with Gasteiger partial charge in [0.2, 0.25) is 15.9 Å². The average Bonchev–Trinajstić information content (AvgIpc) is 3.22. The summed E-state index contributed by atoms with van der Waals surface area (Å²) in [5.74, 6) is 0.968. The van der Waals surface area contributed by atoms with Crippen molar-refractivity contribution in [1.82, 2.24) is 4.31 Å². The van der Waals surface area contributed by atoms with Crippen molar-refractivity contribution in [3.63, 3.8) is 0 Å². The fourth-order valence-electron chi connectivity index (χ4n) is 3.91. The van der Waals surface area contributed by atoms with Crippen molar-refractivity contribution in [1.29, 1.82) is 0 Å². The van der Waals surface area contributed by atoms with Crippen molar-refractivity contribution >= 4 is 33.2 Å². The van der Waals surface area contributed by atoms with E-state index >= 15 is 0 Å². The highest BCUT2D eigenvalue weighted by molar-refractivity contribution is 7.89. The molecule has 2 aromatic rings. The molecule has 0 bridgehead atoms. The van der Waals surface area contributed by atoms with Crippen LogP contribution in [0.2, 0.25) is 5.02 Å².